The lowest BCUT2D eigenvalue weighted by atomic mass is 10.4. The molecule has 11 heavy (non-hydrogen) atoms. The van der Waals surface area contributed by atoms with E-state index in [0.717, 1.165) is 12.2 Å². The summed E-state index contributed by atoms with van der Waals surface area (Å²) in [6, 6.07) is 0. The summed E-state index contributed by atoms with van der Waals surface area (Å²) < 4.78 is 5.17. The number of nitrogens with one attached hydrogen (secondary N) is 1. The van der Waals surface area contributed by atoms with Crippen LogP contribution in [-0.2, 0) is 11.2 Å². The van der Waals surface area contributed by atoms with Crippen LogP contribution in [0.1, 0.15) is 5.82 Å². The van der Waals surface area contributed by atoms with Crippen molar-refractivity contribution in [2.45, 2.75) is 6.42 Å². The largest absolute Gasteiger partial charge is 0.380 e. The lowest BCUT2D eigenvalue weighted by Gasteiger charge is -1.98. The van der Waals surface area contributed by atoms with Crippen molar-refractivity contribution in [3.05, 3.63) is 18.2 Å². The summed E-state index contributed by atoms with van der Waals surface area (Å²) in [6.45, 7) is 1.89. The number of nitrogens with zero attached hydrogens (tertiary/aromatic N) is 1. The molecular weight excluding hydrogens is 142 g/mol. The number of hydrogen-bond donors (Lipinski definition) is 2. The summed E-state index contributed by atoms with van der Waals surface area (Å²) in [5.41, 5.74) is 5.24. The van der Waals surface area contributed by atoms with Gasteiger partial charge in [-0.1, -0.05) is 0 Å². The van der Waals surface area contributed by atoms with Crippen LogP contribution in [0.3, 0.4) is 0 Å². The van der Waals surface area contributed by atoms with Gasteiger partial charge >= 0.3 is 0 Å². The molecule has 0 saturated carbocycles. The van der Waals surface area contributed by atoms with Crippen molar-refractivity contribution < 1.29 is 4.74 Å². The number of rotatable bonds is 5. The fourth-order valence-electron chi connectivity index (χ4n) is 0.789. The van der Waals surface area contributed by atoms with Crippen molar-refractivity contribution in [3.8, 4) is 0 Å². The van der Waals surface area contributed by atoms with E-state index in [2.05, 4.69) is 9.97 Å². The third-order valence-electron chi connectivity index (χ3n) is 1.30. The fraction of sp³-hybridized carbons (Fsp3) is 0.571. The molecule has 0 aliphatic rings. The number of H-pyrrole nitrogens is 1. The molecule has 62 valence electrons. The van der Waals surface area contributed by atoms with Gasteiger partial charge in [-0.3, -0.25) is 0 Å². The minimum Gasteiger partial charge on any atom is -0.380 e. The van der Waals surface area contributed by atoms with E-state index in [1.54, 1.807) is 12.4 Å². The monoisotopic (exact) mass is 155 g/mol. The van der Waals surface area contributed by atoms with Gasteiger partial charge in [0.2, 0.25) is 0 Å². The van der Waals surface area contributed by atoms with Gasteiger partial charge in [-0.25, -0.2) is 4.98 Å². The first-order valence-electron chi connectivity index (χ1n) is 3.69. The summed E-state index contributed by atoms with van der Waals surface area (Å²) in [7, 11) is 0. The highest BCUT2D eigenvalue weighted by atomic mass is 16.5. The Morgan fingerprint density at radius 3 is 3.09 bits per heavy atom. The average molecular weight is 155 g/mol. The van der Waals surface area contributed by atoms with E-state index < -0.39 is 0 Å². The maximum atomic E-state index is 5.24. The topological polar surface area (TPSA) is 63.9 Å². The minimum atomic E-state index is 0.582. The maximum Gasteiger partial charge on any atom is 0.108 e. The summed E-state index contributed by atoms with van der Waals surface area (Å²) in [6.07, 6.45) is 4.36. The molecule has 0 radical (unpaired) electrons. The quantitative estimate of drug-likeness (QED) is 0.585. The Morgan fingerprint density at radius 1 is 1.55 bits per heavy atom. The van der Waals surface area contributed by atoms with Crippen molar-refractivity contribution in [1.82, 2.24) is 9.97 Å². The second-order valence-electron chi connectivity index (χ2n) is 2.19. The molecule has 0 bridgehead atoms. The fourth-order valence-corrected chi connectivity index (χ4v) is 0.789. The van der Waals surface area contributed by atoms with Crippen LogP contribution in [-0.4, -0.2) is 29.7 Å². The third kappa shape index (κ3) is 3.15. The third-order valence-corrected chi connectivity index (χ3v) is 1.30. The second kappa shape index (κ2) is 4.87. The molecule has 0 unspecified atom stereocenters. The predicted molar refractivity (Wildman–Crippen MR) is 42.2 cm³/mol. The molecule has 0 saturated heterocycles. The number of hydrogen-bond acceptors (Lipinski definition) is 3. The van der Waals surface area contributed by atoms with Crippen molar-refractivity contribution in [3.63, 3.8) is 0 Å². The molecule has 0 aliphatic carbocycles. The number of imidazole rings is 1. The zero-order valence-corrected chi connectivity index (χ0v) is 6.42. The van der Waals surface area contributed by atoms with E-state index in [9.17, 15) is 0 Å². The van der Waals surface area contributed by atoms with Gasteiger partial charge < -0.3 is 15.5 Å². The van der Waals surface area contributed by atoms with Crippen LogP contribution in [0.25, 0.3) is 0 Å². The van der Waals surface area contributed by atoms with Crippen molar-refractivity contribution in [1.29, 1.82) is 0 Å². The Hall–Kier alpha value is -0.870. The van der Waals surface area contributed by atoms with Crippen molar-refractivity contribution in [2.24, 2.45) is 5.73 Å². The van der Waals surface area contributed by atoms with E-state index >= 15 is 0 Å². The van der Waals surface area contributed by atoms with E-state index in [0.29, 0.717) is 19.8 Å². The Bertz CT molecular complexity index is 174. The highest BCUT2D eigenvalue weighted by Crippen LogP contribution is 1.89. The van der Waals surface area contributed by atoms with E-state index in [1.807, 2.05) is 0 Å². The first-order chi connectivity index (χ1) is 5.43. The minimum absolute atomic E-state index is 0.582. The van der Waals surface area contributed by atoms with Crippen LogP contribution < -0.4 is 5.73 Å². The lowest BCUT2D eigenvalue weighted by molar-refractivity contribution is 0.143. The molecule has 4 nitrogen and oxygen atoms in total. The Morgan fingerprint density at radius 2 is 2.45 bits per heavy atom. The summed E-state index contributed by atoms with van der Waals surface area (Å²) in [5, 5.41) is 0. The normalized spacial score (nSPS) is 10.3. The van der Waals surface area contributed by atoms with Gasteiger partial charge in [0.1, 0.15) is 5.82 Å². The molecule has 0 aliphatic heterocycles. The van der Waals surface area contributed by atoms with Gasteiger partial charge in [0.05, 0.1) is 13.2 Å². The van der Waals surface area contributed by atoms with Gasteiger partial charge in [-0.2, -0.15) is 0 Å². The van der Waals surface area contributed by atoms with E-state index in [1.165, 1.54) is 0 Å². The predicted octanol–water partition coefficient (Wildman–Crippen LogP) is -0.0725. The Kier molecular flexibility index (Phi) is 3.64. The molecule has 0 amide bonds. The molecule has 1 rings (SSSR count). The van der Waals surface area contributed by atoms with Crippen LogP contribution in [0.2, 0.25) is 0 Å². The Labute approximate surface area is 65.8 Å². The zero-order chi connectivity index (χ0) is 7.94. The molecule has 0 spiro atoms. The molecule has 1 aromatic heterocycles. The van der Waals surface area contributed by atoms with Gasteiger partial charge in [0, 0.05) is 25.4 Å². The molecule has 3 N–H and O–H groups in total. The van der Waals surface area contributed by atoms with Gasteiger partial charge in [-0.05, 0) is 0 Å². The van der Waals surface area contributed by atoms with Crippen LogP contribution in [0.4, 0.5) is 0 Å². The molecule has 1 aromatic rings. The van der Waals surface area contributed by atoms with Crippen LogP contribution >= 0.6 is 0 Å². The van der Waals surface area contributed by atoms with Crippen LogP contribution in [0.5, 0.6) is 0 Å². The molecule has 0 fully saturated rings. The second-order valence-corrected chi connectivity index (χ2v) is 2.19. The molecule has 1 heterocycles. The first kappa shape index (κ1) is 8.23. The number of aromatic amines is 1. The molecule has 0 aromatic carbocycles. The van der Waals surface area contributed by atoms with Gasteiger partial charge in [0.25, 0.3) is 0 Å². The number of ether oxygens (including phenoxy) is 1. The summed E-state index contributed by atoms with van der Waals surface area (Å²) in [5.74, 6) is 0.960. The van der Waals surface area contributed by atoms with Gasteiger partial charge in [-0.15, -0.1) is 0 Å². The Balaban J connectivity index is 2.04. The number of nitrogens with two attached hydrogens (primary N) is 1. The standard InChI is InChI=1S/C7H13N3O/c8-2-6-11-5-1-7-9-3-4-10-7/h3-4H,1-2,5-6,8H2,(H,9,10). The number of aromatic nitrogens is 2. The zero-order valence-electron chi connectivity index (χ0n) is 6.42. The van der Waals surface area contributed by atoms with Crippen LogP contribution in [0.15, 0.2) is 12.4 Å². The van der Waals surface area contributed by atoms with Crippen molar-refractivity contribution >= 4 is 0 Å². The molecular formula is C7H13N3O. The van der Waals surface area contributed by atoms with Crippen molar-refractivity contribution in [2.75, 3.05) is 19.8 Å². The highest BCUT2D eigenvalue weighted by molar-refractivity contribution is 4.86. The smallest absolute Gasteiger partial charge is 0.108 e. The van der Waals surface area contributed by atoms with E-state index in [4.69, 9.17) is 10.5 Å². The maximum absolute atomic E-state index is 5.24. The van der Waals surface area contributed by atoms with Gasteiger partial charge in [0.15, 0.2) is 0 Å². The first-order valence-corrected chi connectivity index (χ1v) is 3.69. The van der Waals surface area contributed by atoms with Crippen LogP contribution in [0, 0.1) is 0 Å². The van der Waals surface area contributed by atoms with E-state index in [-0.39, 0.29) is 0 Å². The highest BCUT2D eigenvalue weighted by Gasteiger charge is 1.92. The SMILES string of the molecule is NCCOCCc1ncc[nH]1. The summed E-state index contributed by atoms with van der Waals surface area (Å²) >= 11 is 0. The molecule has 4 heteroatoms. The molecule has 0 atom stereocenters. The lowest BCUT2D eigenvalue weighted by Crippen LogP contribution is -2.10. The summed E-state index contributed by atoms with van der Waals surface area (Å²) in [4.78, 5) is 7.04. The average Bonchev–Trinajstić information content (AvgIpc) is 2.50.